The molecule has 5 heteroatoms. The number of esters is 2. The molecule has 2 heterocycles. The molecule has 116 valence electrons. The van der Waals surface area contributed by atoms with E-state index in [0.717, 1.165) is 0 Å². The molecule has 0 saturated carbocycles. The molecule has 0 aromatic rings. The van der Waals surface area contributed by atoms with Crippen molar-refractivity contribution in [1.29, 1.82) is 0 Å². The molecule has 2 atom stereocenters. The summed E-state index contributed by atoms with van der Waals surface area (Å²) in [7, 11) is 0. The van der Waals surface area contributed by atoms with Gasteiger partial charge in [-0.3, -0.25) is 0 Å². The molecule has 2 rings (SSSR count). The molecular formula is C16H22O5. The molecule has 0 fully saturated rings. The number of rotatable bonds is 2. The Balaban J connectivity index is 2.29. The van der Waals surface area contributed by atoms with Crippen LogP contribution in [0.2, 0.25) is 0 Å². The van der Waals surface area contributed by atoms with Crippen molar-refractivity contribution in [2.75, 3.05) is 0 Å². The smallest absolute Gasteiger partial charge is 0.338 e. The van der Waals surface area contributed by atoms with Crippen LogP contribution < -0.4 is 0 Å². The van der Waals surface area contributed by atoms with Gasteiger partial charge in [-0.2, -0.15) is 0 Å². The fraction of sp³-hybridized carbons (Fsp3) is 0.625. The minimum Gasteiger partial charge on any atom is -0.457 e. The minimum atomic E-state index is -0.630. The van der Waals surface area contributed by atoms with Crippen molar-refractivity contribution in [3.8, 4) is 0 Å². The van der Waals surface area contributed by atoms with Crippen LogP contribution in [0.4, 0.5) is 0 Å². The lowest BCUT2D eigenvalue weighted by molar-refractivity contribution is -0.153. The largest absolute Gasteiger partial charge is 0.457 e. The van der Waals surface area contributed by atoms with Gasteiger partial charge < -0.3 is 14.2 Å². The minimum absolute atomic E-state index is 0.256. The van der Waals surface area contributed by atoms with Gasteiger partial charge in [-0.1, -0.05) is 12.2 Å². The van der Waals surface area contributed by atoms with Crippen molar-refractivity contribution >= 4 is 11.9 Å². The van der Waals surface area contributed by atoms with Gasteiger partial charge in [0.25, 0.3) is 0 Å². The first-order valence-electron chi connectivity index (χ1n) is 7.02. The molecular weight excluding hydrogens is 272 g/mol. The summed E-state index contributed by atoms with van der Waals surface area (Å²) in [6.07, 6.45) is 2.48. The predicted molar refractivity (Wildman–Crippen MR) is 76.5 cm³/mol. The Morgan fingerprint density at radius 1 is 0.857 bits per heavy atom. The first-order valence-corrected chi connectivity index (χ1v) is 7.02. The molecule has 0 N–H and O–H groups in total. The van der Waals surface area contributed by atoms with Crippen molar-refractivity contribution in [3.05, 3.63) is 23.3 Å². The number of fused-ring (bicyclic) bond motifs is 2. The standard InChI is InChI=1S/C16H22O5/c1-15(2,3)20-13(17)11-9-7-8-10(19-9)12(11)14(18)21-16(4,5)6/h7-10H,1-6H3. The van der Waals surface area contributed by atoms with Crippen molar-refractivity contribution in [3.63, 3.8) is 0 Å². The lowest BCUT2D eigenvalue weighted by atomic mass is 9.96. The molecule has 0 radical (unpaired) electrons. The summed E-state index contributed by atoms with van der Waals surface area (Å²) in [5, 5.41) is 0. The van der Waals surface area contributed by atoms with Crippen LogP contribution in [-0.4, -0.2) is 35.3 Å². The number of hydrogen-bond acceptors (Lipinski definition) is 5. The molecule has 2 unspecified atom stereocenters. The Kier molecular flexibility index (Phi) is 3.74. The monoisotopic (exact) mass is 294 g/mol. The molecule has 0 spiro atoms. The van der Waals surface area contributed by atoms with Crippen molar-refractivity contribution in [2.45, 2.75) is 65.0 Å². The van der Waals surface area contributed by atoms with Gasteiger partial charge in [-0.05, 0) is 41.5 Å². The second-order valence-electron chi connectivity index (χ2n) is 7.19. The molecule has 21 heavy (non-hydrogen) atoms. The van der Waals surface area contributed by atoms with E-state index in [1.807, 2.05) is 0 Å². The fourth-order valence-corrected chi connectivity index (χ4v) is 2.20. The maximum absolute atomic E-state index is 12.3. The third-order valence-electron chi connectivity index (χ3n) is 2.85. The third kappa shape index (κ3) is 3.53. The highest BCUT2D eigenvalue weighted by Crippen LogP contribution is 2.37. The average Bonchev–Trinajstić information content (AvgIpc) is 2.82. The van der Waals surface area contributed by atoms with Gasteiger partial charge in [0.15, 0.2) is 0 Å². The van der Waals surface area contributed by atoms with Crippen LogP contribution in [0, 0.1) is 0 Å². The predicted octanol–water partition coefficient (Wildman–Crippen LogP) is 2.30. The molecule has 2 bridgehead atoms. The molecule has 2 aliphatic rings. The molecule has 0 aromatic carbocycles. The van der Waals surface area contributed by atoms with Gasteiger partial charge in [0.1, 0.15) is 23.4 Å². The summed E-state index contributed by atoms with van der Waals surface area (Å²) >= 11 is 0. The van der Waals surface area contributed by atoms with Gasteiger partial charge in [-0.25, -0.2) is 9.59 Å². The van der Waals surface area contributed by atoms with Crippen LogP contribution in [-0.2, 0) is 23.8 Å². The van der Waals surface area contributed by atoms with Gasteiger partial charge in [0, 0.05) is 0 Å². The molecule has 2 aliphatic heterocycles. The zero-order valence-corrected chi connectivity index (χ0v) is 13.4. The van der Waals surface area contributed by atoms with Crippen molar-refractivity contribution in [2.24, 2.45) is 0 Å². The maximum Gasteiger partial charge on any atom is 0.338 e. The topological polar surface area (TPSA) is 61.8 Å². The van der Waals surface area contributed by atoms with E-state index in [1.165, 1.54) is 0 Å². The second-order valence-corrected chi connectivity index (χ2v) is 7.19. The normalized spacial score (nSPS) is 24.5. The van der Waals surface area contributed by atoms with Crippen molar-refractivity contribution < 1.29 is 23.8 Å². The Labute approximate surface area is 124 Å². The maximum atomic E-state index is 12.3. The number of ether oxygens (including phenoxy) is 3. The van der Waals surface area contributed by atoms with E-state index < -0.39 is 35.3 Å². The Bertz CT molecular complexity index is 482. The van der Waals surface area contributed by atoms with E-state index >= 15 is 0 Å². The summed E-state index contributed by atoms with van der Waals surface area (Å²) in [5.41, 5.74) is -0.748. The molecule has 5 nitrogen and oxygen atoms in total. The van der Waals surface area contributed by atoms with E-state index in [9.17, 15) is 9.59 Å². The van der Waals surface area contributed by atoms with E-state index in [2.05, 4.69) is 0 Å². The third-order valence-corrected chi connectivity index (χ3v) is 2.85. The number of carbonyl (C=O) groups is 2. The Morgan fingerprint density at radius 3 is 1.48 bits per heavy atom. The zero-order valence-electron chi connectivity index (χ0n) is 13.4. The van der Waals surface area contributed by atoms with Crippen molar-refractivity contribution in [1.82, 2.24) is 0 Å². The van der Waals surface area contributed by atoms with E-state index in [1.54, 1.807) is 53.7 Å². The van der Waals surface area contributed by atoms with Gasteiger partial charge in [0.05, 0.1) is 11.1 Å². The highest BCUT2D eigenvalue weighted by Gasteiger charge is 2.45. The Morgan fingerprint density at radius 2 is 1.19 bits per heavy atom. The van der Waals surface area contributed by atoms with Crippen LogP contribution in [0.5, 0.6) is 0 Å². The van der Waals surface area contributed by atoms with Gasteiger partial charge in [0.2, 0.25) is 0 Å². The van der Waals surface area contributed by atoms with E-state index in [-0.39, 0.29) is 11.1 Å². The second kappa shape index (κ2) is 4.98. The molecule has 0 aliphatic carbocycles. The average molecular weight is 294 g/mol. The summed E-state index contributed by atoms with van der Waals surface area (Å²) < 4.78 is 16.3. The van der Waals surface area contributed by atoms with Crippen LogP contribution in [0.25, 0.3) is 0 Å². The summed E-state index contributed by atoms with van der Waals surface area (Å²) in [5.74, 6) is -1.06. The fourth-order valence-electron chi connectivity index (χ4n) is 2.20. The van der Waals surface area contributed by atoms with Gasteiger partial charge >= 0.3 is 11.9 Å². The van der Waals surface area contributed by atoms with Crippen LogP contribution in [0.15, 0.2) is 23.3 Å². The van der Waals surface area contributed by atoms with Gasteiger partial charge in [-0.15, -0.1) is 0 Å². The summed E-state index contributed by atoms with van der Waals surface area (Å²) in [4.78, 5) is 24.7. The van der Waals surface area contributed by atoms with E-state index in [0.29, 0.717) is 0 Å². The lowest BCUT2D eigenvalue weighted by Crippen LogP contribution is -2.31. The summed E-state index contributed by atoms with van der Waals surface area (Å²) in [6.45, 7) is 10.7. The number of carbonyl (C=O) groups excluding carboxylic acids is 2. The van der Waals surface area contributed by atoms with Crippen LogP contribution in [0.1, 0.15) is 41.5 Å². The molecule has 0 amide bonds. The quantitative estimate of drug-likeness (QED) is 0.577. The molecule has 0 aromatic heterocycles. The lowest BCUT2D eigenvalue weighted by Gasteiger charge is -2.23. The Hall–Kier alpha value is -1.62. The van der Waals surface area contributed by atoms with Crippen LogP contribution >= 0.6 is 0 Å². The first kappa shape index (κ1) is 15.8. The zero-order chi connectivity index (χ0) is 16.0. The van der Waals surface area contributed by atoms with Crippen LogP contribution in [0.3, 0.4) is 0 Å². The molecule has 0 saturated heterocycles. The highest BCUT2D eigenvalue weighted by molar-refractivity contribution is 6.04. The van der Waals surface area contributed by atoms with E-state index in [4.69, 9.17) is 14.2 Å². The highest BCUT2D eigenvalue weighted by atomic mass is 16.6. The first-order chi connectivity index (χ1) is 9.48. The summed E-state index contributed by atoms with van der Waals surface area (Å²) in [6, 6.07) is 0. The number of hydrogen-bond donors (Lipinski definition) is 0. The SMILES string of the molecule is CC(C)(C)OC(=O)C1=C(C(=O)OC(C)(C)C)C2C=CC1O2.